The summed E-state index contributed by atoms with van der Waals surface area (Å²) >= 11 is 3.45. The molecule has 1 heterocycles. The van der Waals surface area contributed by atoms with Crippen molar-refractivity contribution in [1.29, 1.82) is 0 Å². The zero-order valence-electron chi connectivity index (χ0n) is 20.7. The second kappa shape index (κ2) is 14.8. The third kappa shape index (κ3) is 9.37. The highest BCUT2D eigenvalue weighted by Crippen LogP contribution is 2.23. The fourth-order valence-corrected chi connectivity index (χ4v) is 4.19. The Morgan fingerprint density at radius 3 is 2.29 bits per heavy atom. The Balaban J connectivity index is 0.00000306. The summed E-state index contributed by atoms with van der Waals surface area (Å²) in [7, 11) is 1.81. The Hall–Kier alpha value is -1.68. The van der Waals surface area contributed by atoms with Gasteiger partial charge in [0.05, 0.1) is 13.1 Å². The van der Waals surface area contributed by atoms with E-state index in [9.17, 15) is 9.59 Å². The maximum atomic E-state index is 13.1. The van der Waals surface area contributed by atoms with Gasteiger partial charge < -0.3 is 10.6 Å². The van der Waals surface area contributed by atoms with Gasteiger partial charge in [-0.25, -0.2) is 5.01 Å². The largest absolute Gasteiger partial charge is 0.325 e. The van der Waals surface area contributed by atoms with Crippen LogP contribution in [-0.2, 0) is 22.7 Å². The average Bonchev–Trinajstić information content (AvgIpc) is 3.19. The summed E-state index contributed by atoms with van der Waals surface area (Å²) in [5.41, 5.74) is 4.26. The lowest BCUT2D eigenvalue weighted by atomic mass is 10.1. The van der Waals surface area contributed by atoms with E-state index < -0.39 is 0 Å². The van der Waals surface area contributed by atoms with Crippen molar-refractivity contribution in [1.82, 2.24) is 20.2 Å². The van der Waals surface area contributed by atoms with Gasteiger partial charge in [0.1, 0.15) is 0 Å². The first kappa shape index (κ1) is 31.4. The number of likely N-dealkylation sites (N-methyl/N-ethyl adjacent to an activating group) is 1. The van der Waals surface area contributed by atoms with E-state index in [1.165, 1.54) is 11.1 Å². The van der Waals surface area contributed by atoms with Crippen molar-refractivity contribution in [2.45, 2.75) is 39.9 Å². The van der Waals surface area contributed by atoms with Gasteiger partial charge in [-0.05, 0) is 35.7 Å². The van der Waals surface area contributed by atoms with Crippen molar-refractivity contribution in [3.05, 3.63) is 63.6 Å². The highest BCUT2D eigenvalue weighted by Gasteiger charge is 2.26. The number of rotatable bonds is 10. The molecule has 0 radical (unpaired) electrons. The molecule has 0 unspecified atom stereocenters. The van der Waals surface area contributed by atoms with E-state index in [1.807, 2.05) is 54.2 Å². The first-order chi connectivity index (χ1) is 15.7. The Morgan fingerprint density at radius 2 is 1.69 bits per heavy atom. The van der Waals surface area contributed by atoms with Crippen LogP contribution in [-0.4, -0.2) is 66.0 Å². The molecule has 194 valence electrons. The van der Waals surface area contributed by atoms with Crippen LogP contribution in [0.2, 0.25) is 0 Å². The number of benzene rings is 2. The maximum Gasteiger partial charge on any atom is 0.250 e. The lowest BCUT2D eigenvalue weighted by Crippen LogP contribution is -2.48. The van der Waals surface area contributed by atoms with Gasteiger partial charge in [0.15, 0.2) is 0 Å². The van der Waals surface area contributed by atoms with Gasteiger partial charge >= 0.3 is 0 Å². The number of aryl methyl sites for hydroxylation is 1. The Kier molecular flexibility index (Phi) is 13.2. The van der Waals surface area contributed by atoms with E-state index in [-0.39, 0.29) is 49.7 Å². The van der Waals surface area contributed by atoms with Crippen molar-refractivity contribution in [3.63, 3.8) is 0 Å². The second-order valence-corrected chi connectivity index (χ2v) is 9.75. The highest BCUT2D eigenvalue weighted by atomic mass is 79.9. The van der Waals surface area contributed by atoms with Crippen LogP contribution in [0.3, 0.4) is 0 Å². The van der Waals surface area contributed by atoms with E-state index in [4.69, 9.17) is 0 Å². The molecule has 3 rings (SSSR count). The molecule has 0 saturated heterocycles. The molecule has 0 spiro atoms. The summed E-state index contributed by atoms with van der Waals surface area (Å²) in [5.74, 6) is -0.163. The fourth-order valence-electron chi connectivity index (χ4n) is 3.83. The number of anilines is 1. The molecule has 0 atom stereocenters. The first-order valence-electron chi connectivity index (χ1n) is 11.3. The van der Waals surface area contributed by atoms with Gasteiger partial charge in [0.25, 0.3) is 5.91 Å². The third-order valence-corrected chi connectivity index (χ3v) is 6.28. The SMILES string of the molecule is Cc1ccc(Br)cc1NC(=O)CN(CCNC(C)C)CC(=O)N(C)N1Cc2ccccc2C1.Cl.Cl. The van der Waals surface area contributed by atoms with Crippen LogP contribution in [0.25, 0.3) is 0 Å². The van der Waals surface area contributed by atoms with Gasteiger partial charge in [0, 0.05) is 49.4 Å². The average molecular weight is 589 g/mol. The zero-order chi connectivity index (χ0) is 24.0. The molecule has 1 aliphatic rings. The van der Waals surface area contributed by atoms with Gasteiger partial charge in [-0.2, -0.15) is 0 Å². The molecule has 0 aliphatic carbocycles. The first-order valence-corrected chi connectivity index (χ1v) is 12.1. The molecule has 2 amide bonds. The minimum atomic E-state index is -0.134. The van der Waals surface area contributed by atoms with E-state index in [0.717, 1.165) is 28.8 Å². The number of fused-ring (bicyclic) bond motifs is 1. The number of hydrogen-bond acceptors (Lipinski definition) is 5. The van der Waals surface area contributed by atoms with Crippen LogP contribution in [0.5, 0.6) is 0 Å². The minimum absolute atomic E-state index is 0. The molecule has 2 N–H and O–H groups in total. The molecular weight excluding hydrogens is 553 g/mol. The molecule has 0 fully saturated rings. The number of nitrogens with one attached hydrogen (secondary N) is 2. The molecule has 0 aromatic heterocycles. The molecule has 7 nitrogen and oxygen atoms in total. The molecule has 0 saturated carbocycles. The number of amides is 2. The van der Waals surface area contributed by atoms with Crippen molar-refractivity contribution in [2.24, 2.45) is 0 Å². The van der Waals surface area contributed by atoms with Crippen molar-refractivity contribution in [2.75, 3.05) is 38.5 Å². The third-order valence-electron chi connectivity index (χ3n) is 5.79. The van der Waals surface area contributed by atoms with E-state index >= 15 is 0 Å². The topological polar surface area (TPSA) is 67.9 Å². The monoisotopic (exact) mass is 587 g/mol. The van der Waals surface area contributed by atoms with Crippen LogP contribution >= 0.6 is 40.7 Å². The summed E-state index contributed by atoms with van der Waals surface area (Å²) in [4.78, 5) is 27.8. The summed E-state index contributed by atoms with van der Waals surface area (Å²) in [5, 5.41) is 10.1. The Morgan fingerprint density at radius 1 is 1.06 bits per heavy atom. The van der Waals surface area contributed by atoms with Gasteiger partial charge in [-0.3, -0.25) is 19.5 Å². The minimum Gasteiger partial charge on any atom is -0.325 e. The second-order valence-electron chi connectivity index (χ2n) is 8.84. The standard InChI is InChI=1S/C25H34BrN5O2.2ClH/c1-18(2)27-11-12-30(16-24(32)28-23-13-22(26)10-9-19(23)3)17-25(33)29(4)31-14-20-7-5-6-8-21(20)15-31;;/h5-10,13,18,27H,11-12,14-17H2,1-4H3,(H,28,32);2*1H. The van der Waals surface area contributed by atoms with Crippen molar-refractivity contribution in [3.8, 4) is 0 Å². The van der Waals surface area contributed by atoms with E-state index in [1.54, 1.807) is 5.01 Å². The number of carbonyl (C=O) groups is 2. The van der Waals surface area contributed by atoms with Gasteiger partial charge in [-0.15, -0.1) is 24.8 Å². The predicted molar refractivity (Wildman–Crippen MR) is 150 cm³/mol. The van der Waals surface area contributed by atoms with Gasteiger partial charge in [-0.1, -0.05) is 60.1 Å². The van der Waals surface area contributed by atoms with E-state index in [0.29, 0.717) is 19.1 Å². The summed E-state index contributed by atoms with van der Waals surface area (Å²) in [6.07, 6.45) is 0. The van der Waals surface area contributed by atoms with Crippen molar-refractivity contribution < 1.29 is 9.59 Å². The number of carbonyl (C=O) groups excluding carboxylic acids is 2. The maximum absolute atomic E-state index is 13.1. The Labute approximate surface area is 229 Å². The van der Waals surface area contributed by atoms with Crippen LogP contribution in [0.4, 0.5) is 5.69 Å². The fraction of sp³-hybridized carbons (Fsp3) is 0.440. The van der Waals surface area contributed by atoms with Crippen molar-refractivity contribution >= 4 is 58.2 Å². The summed E-state index contributed by atoms with van der Waals surface area (Å²) < 4.78 is 0.907. The quantitative estimate of drug-likeness (QED) is 0.435. The smallest absolute Gasteiger partial charge is 0.250 e. The molecule has 35 heavy (non-hydrogen) atoms. The molecule has 0 bridgehead atoms. The van der Waals surface area contributed by atoms with Crippen LogP contribution in [0.1, 0.15) is 30.5 Å². The van der Waals surface area contributed by atoms with Crippen LogP contribution < -0.4 is 10.6 Å². The molecular formula is C25H36BrCl2N5O2. The molecule has 10 heteroatoms. The molecule has 2 aromatic carbocycles. The number of hydrogen-bond donors (Lipinski definition) is 2. The molecule has 1 aliphatic heterocycles. The lowest BCUT2D eigenvalue weighted by molar-refractivity contribution is -0.148. The summed E-state index contributed by atoms with van der Waals surface area (Å²) in [6, 6.07) is 14.4. The predicted octanol–water partition coefficient (Wildman–Crippen LogP) is 4.23. The number of halogens is 3. The number of nitrogens with zero attached hydrogens (tertiary/aromatic N) is 3. The van der Waals surface area contributed by atoms with E-state index in [2.05, 4.69) is 52.5 Å². The van der Waals surface area contributed by atoms with Crippen LogP contribution in [0.15, 0.2) is 46.9 Å². The van der Waals surface area contributed by atoms with Gasteiger partial charge in [0.2, 0.25) is 5.91 Å². The summed E-state index contributed by atoms with van der Waals surface area (Å²) in [6.45, 7) is 9.17. The normalized spacial score (nSPS) is 12.7. The highest BCUT2D eigenvalue weighted by molar-refractivity contribution is 9.10. The van der Waals surface area contributed by atoms with Crippen LogP contribution in [0, 0.1) is 6.92 Å². The number of hydrazine groups is 1. The molecule has 2 aromatic rings. The lowest BCUT2D eigenvalue weighted by Gasteiger charge is -2.30. The zero-order valence-corrected chi connectivity index (χ0v) is 23.9. The Bertz CT molecular complexity index is 967.